The van der Waals surface area contributed by atoms with Crippen molar-refractivity contribution >= 4 is 23.4 Å². The number of nitrogens with zero attached hydrogens (tertiary/aromatic N) is 2. The van der Waals surface area contributed by atoms with E-state index in [4.69, 9.17) is 16.1 Å². The highest BCUT2D eigenvalue weighted by Gasteiger charge is 2.07. The van der Waals surface area contributed by atoms with Gasteiger partial charge in [0.2, 0.25) is 11.7 Å². The summed E-state index contributed by atoms with van der Waals surface area (Å²) in [4.78, 5) is 5.55. The lowest BCUT2D eigenvalue weighted by molar-refractivity contribution is 0.378. The van der Waals surface area contributed by atoms with Gasteiger partial charge in [-0.15, -0.1) is 23.4 Å². The van der Waals surface area contributed by atoms with E-state index in [1.54, 1.807) is 11.8 Å². The number of alkyl halides is 1. The first-order valence-electron chi connectivity index (χ1n) is 5.36. The molecule has 0 bridgehead atoms. The monoisotopic (exact) mass is 268 g/mol. The van der Waals surface area contributed by atoms with E-state index in [9.17, 15) is 0 Å². The predicted molar refractivity (Wildman–Crippen MR) is 70.6 cm³/mol. The minimum atomic E-state index is 0.611. The highest BCUT2D eigenvalue weighted by atomic mass is 35.5. The first-order valence-corrected chi connectivity index (χ1v) is 7.12. The van der Waals surface area contributed by atoms with E-state index in [2.05, 4.69) is 22.3 Å². The van der Waals surface area contributed by atoms with Gasteiger partial charge in [0.05, 0.1) is 0 Å². The van der Waals surface area contributed by atoms with Crippen LogP contribution in [0.3, 0.4) is 0 Å². The second-order valence-electron chi connectivity index (χ2n) is 3.53. The largest absolute Gasteiger partial charge is 0.339 e. The van der Waals surface area contributed by atoms with Gasteiger partial charge in [-0.25, -0.2) is 0 Å². The number of aryl methyl sites for hydroxylation is 1. The van der Waals surface area contributed by atoms with Crippen LogP contribution in [-0.4, -0.2) is 22.3 Å². The lowest BCUT2D eigenvalue weighted by Crippen LogP contribution is -1.86. The molecule has 0 N–H and O–H groups in total. The molecule has 0 aliphatic heterocycles. The Morgan fingerprint density at radius 1 is 1.29 bits per heavy atom. The molecule has 0 radical (unpaired) electrons. The van der Waals surface area contributed by atoms with Crippen molar-refractivity contribution < 1.29 is 4.52 Å². The van der Waals surface area contributed by atoms with E-state index in [1.165, 1.54) is 4.90 Å². The minimum absolute atomic E-state index is 0.611. The van der Waals surface area contributed by atoms with E-state index in [0.29, 0.717) is 17.6 Å². The number of rotatable bonds is 5. The van der Waals surface area contributed by atoms with Crippen LogP contribution in [0.4, 0.5) is 0 Å². The normalized spacial score (nSPS) is 10.7. The van der Waals surface area contributed by atoms with Crippen LogP contribution in [0.25, 0.3) is 11.4 Å². The van der Waals surface area contributed by atoms with Crippen LogP contribution < -0.4 is 0 Å². The smallest absolute Gasteiger partial charge is 0.227 e. The zero-order valence-electron chi connectivity index (χ0n) is 9.52. The molecule has 0 unspecified atom stereocenters. The lowest BCUT2D eigenvalue weighted by atomic mass is 10.2. The molecule has 5 heteroatoms. The molecule has 2 aromatic rings. The molecule has 1 aromatic heterocycles. The van der Waals surface area contributed by atoms with Crippen LogP contribution in [0.15, 0.2) is 33.7 Å². The van der Waals surface area contributed by atoms with Crippen molar-refractivity contribution in [2.75, 3.05) is 12.1 Å². The van der Waals surface area contributed by atoms with Crippen molar-refractivity contribution in [2.45, 2.75) is 17.7 Å². The molecule has 17 heavy (non-hydrogen) atoms. The molecule has 0 saturated carbocycles. The Hall–Kier alpha value is -1.00. The third-order valence-electron chi connectivity index (χ3n) is 2.34. The van der Waals surface area contributed by atoms with Gasteiger partial charge in [-0.1, -0.05) is 5.16 Å². The molecule has 0 fully saturated rings. The number of hydrogen-bond donors (Lipinski definition) is 0. The Kier molecular flexibility index (Phi) is 4.45. The summed E-state index contributed by atoms with van der Waals surface area (Å²) < 4.78 is 5.15. The van der Waals surface area contributed by atoms with E-state index in [-0.39, 0.29) is 0 Å². The Morgan fingerprint density at radius 2 is 2.06 bits per heavy atom. The average molecular weight is 269 g/mol. The molecular weight excluding hydrogens is 256 g/mol. The quantitative estimate of drug-likeness (QED) is 0.613. The SMILES string of the molecule is CSc1ccc(-c2noc(CCCCl)n2)cc1. The molecule has 2 rings (SSSR count). The number of thioether (sulfide) groups is 1. The highest BCUT2D eigenvalue weighted by Crippen LogP contribution is 2.21. The van der Waals surface area contributed by atoms with Gasteiger partial charge < -0.3 is 4.52 Å². The van der Waals surface area contributed by atoms with Crippen molar-refractivity contribution in [1.82, 2.24) is 10.1 Å². The molecular formula is C12H13ClN2OS. The first-order chi connectivity index (χ1) is 8.33. The Balaban J connectivity index is 2.12. The Labute approximate surface area is 110 Å². The summed E-state index contributed by atoms with van der Waals surface area (Å²) in [5, 5.41) is 3.96. The molecule has 90 valence electrons. The van der Waals surface area contributed by atoms with Crippen LogP contribution in [0.2, 0.25) is 0 Å². The van der Waals surface area contributed by atoms with Gasteiger partial charge in [0.25, 0.3) is 0 Å². The minimum Gasteiger partial charge on any atom is -0.339 e. The van der Waals surface area contributed by atoms with Crippen molar-refractivity contribution in [3.63, 3.8) is 0 Å². The van der Waals surface area contributed by atoms with Crippen molar-refractivity contribution in [3.8, 4) is 11.4 Å². The van der Waals surface area contributed by atoms with Crippen LogP contribution in [-0.2, 0) is 6.42 Å². The standard InChI is InChI=1S/C12H13ClN2OS/c1-17-10-6-4-9(5-7-10)12-14-11(16-15-12)3-2-8-13/h4-7H,2-3,8H2,1H3. The number of aromatic nitrogens is 2. The second kappa shape index (κ2) is 6.07. The maximum absolute atomic E-state index is 5.62. The Bertz CT molecular complexity index is 470. The third kappa shape index (κ3) is 3.23. The first kappa shape index (κ1) is 12.5. The van der Waals surface area contributed by atoms with Crippen LogP contribution >= 0.6 is 23.4 Å². The van der Waals surface area contributed by atoms with Gasteiger partial charge in [-0.05, 0) is 36.9 Å². The number of hydrogen-bond acceptors (Lipinski definition) is 4. The summed E-state index contributed by atoms with van der Waals surface area (Å²) in [6.45, 7) is 0. The summed E-state index contributed by atoms with van der Waals surface area (Å²) in [5.74, 6) is 1.90. The summed E-state index contributed by atoms with van der Waals surface area (Å²) >= 11 is 7.33. The molecule has 0 atom stereocenters. The fourth-order valence-corrected chi connectivity index (χ4v) is 1.97. The van der Waals surface area contributed by atoms with Gasteiger partial charge in [-0.3, -0.25) is 0 Å². The molecule has 3 nitrogen and oxygen atoms in total. The number of benzene rings is 1. The summed E-state index contributed by atoms with van der Waals surface area (Å²) in [6.07, 6.45) is 3.64. The van der Waals surface area contributed by atoms with Gasteiger partial charge in [0.1, 0.15) is 0 Å². The molecule has 1 heterocycles. The predicted octanol–water partition coefficient (Wildman–Crippen LogP) is 3.63. The zero-order chi connectivity index (χ0) is 12.1. The fourth-order valence-electron chi connectivity index (χ4n) is 1.43. The number of halogens is 1. The van der Waals surface area contributed by atoms with Gasteiger partial charge in [0, 0.05) is 22.8 Å². The maximum atomic E-state index is 5.62. The zero-order valence-corrected chi connectivity index (χ0v) is 11.1. The lowest BCUT2D eigenvalue weighted by Gasteiger charge is -1.96. The maximum Gasteiger partial charge on any atom is 0.227 e. The molecule has 1 aromatic carbocycles. The van der Waals surface area contributed by atoms with Crippen LogP contribution in [0.1, 0.15) is 12.3 Å². The molecule has 0 saturated heterocycles. The van der Waals surface area contributed by atoms with Crippen molar-refractivity contribution in [1.29, 1.82) is 0 Å². The highest BCUT2D eigenvalue weighted by molar-refractivity contribution is 7.98. The van der Waals surface area contributed by atoms with E-state index in [0.717, 1.165) is 18.4 Å². The molecule has 0 amide bonds. The van der Waals surface area contributed by atoms with E-state index in [1.807, 2.05) is 18.4 Å². The summed E-state index contributed by atoms with van der Waals surface area (Å²) in [5.41, 5.74) is 0.976. The van der Waals surface area contributed by atoms with Gasteiger partial charge in [-0.2, -0.15) is 4.98 Å². The summed E-state index contributed by atoms with van der Waals surface area (Å²) in [6, 6.07) is 8.10. The van der Waals surface area contributed by atoms with E-state index >= 15 is 0 Å². The molecule has 0 aliphatic carbocycles. The van der Waals surface area contributed by atoms with Gasteiger partial charge >= 0.3 is 0 Å². The van der Waals surface area contributed by atoms with Crippen molar-refractivity contribution in [2.24, 2.45) is 0 Å². The van der Waals surface area contributed by atoms with Gasteiger partial charge in [0.15, 0.2) is 0 Å². The molecule has 0 aliphatic rings. The Morgan fingerprint density at radius 3 is 2.71 bits per heavy atom. The third-order valence-corrected chi connectivity index (χ3v) is 3.35. The molecule has 0 spiro atoms. The van der Waals surface area contributed by atoms with Crippen LogP contribution in [0.5, 0.6) is 0 Å². The average Bonchev–Trinajstić information content (AvgIpc) is 2.85. The van der Waals surface area contributed by atoms with E-state index < -0.39 is 0 Å². The second-order valence-corrected chi connectivity index (χ2v) is 4.79. The van der Waals surface area contributed by atoms with Crippen molar-refractivity contribution in [3.05, 3.63) is 30.2 Å². The fraction of sp³-hybridized carbons (Fsp3) is 0.333. The topological polar surface area (TPSA) is 38.9 Å². The van der Waals surface area contributed by atoms with Crippen LogP contribution in [0, 0.1) is 0 Å². The summed E-state index contributed by atoms with van der Waals surface area (Å²) in [7, 11) is 0.